The van der Waals surface area contributed by atoms with E-state index in [0.29, 0.717) is 18.8 Å². The van der Waals surface area contributed by atoms with E-state index in [-0.39, 0.29) is 0 Å². The number of rotatable bonds is 5. The number of hydrogen-bond acceptors (Lipinski definition) is 4. The van der Waals surface area contributed by atoms with Crippen molar-refractivity contribution in [3.63, 3.8) is 0 Å². The van der Waals surface area contributed by atoms with Crippen LogP contribution in [0.4, 0.5) is 0 Å². The molecule has 0 fully saturated rings. The number of carbonyl (C=O) groups is 1. The zero-order chi connectivity index (χ0) is 19.5. The maximum atomic E-state index is 12.2. The molecule has 1 aliphatic rings. The zero-order valence-corrected chi connectivity index (χ0v) is 16.9. The predicted molar refractivity (Wildman–Crippen MR) is 110 cm³/mol. The summed E-state index contributed by atoms with van der Waals surface area (Å²) in [5.41, 5.74) is 4.29. The Balaban J connectivity index is 1.60. The lowest BCUT2D eigenvalue weighted by Gasteiger charge is -2.23. The summed E-state index contributed by atoms with van der Waals surface area (Å²) < 4.78 is 17.8. The van der Waals surface area contributed by atoms with Gasteiger partial charge in [0.05, 0.1) is 7.11 Å². The highest BCUT2D eigenvalue weighted by Gasteiger charge is 2.24. The van der Waals surface area contributed by atoms with Crippen LogP contribution in [0.25, 0.3) is 11.1 Å². The average Bonchev–Trinajstić information content (AvgIpc) is 2.73. The topological polar surface area (TPSA) is 44.8 Å². The largest absolute Gasteiger partial charge is 0.488 e. The first-order valence-corrected chi connectivity index (χ1v) is 9.77. The molecule has 0 spiro atoms. The van der Waals surface area contributed by atoms with Gasteiger partial charge in [-0.3, -0.25) is 0 Å². The summed E-state index contributed by atoms with van der Waals surface area (Å²) in [6.45, 7) is 0.503. The molecule has 0 saturated heterocycles. The SMILES string of the molecule is COC(=O)[C@@H](Cc1ccccc1)Oc1ccc2c(c1)OCc1ccc(Br)cc1-2. The first-order chi connectivity index (χ1) is 13.6. The molecule has 0 saturated carbocycles. The Bertz CT molecular complexity index is 1000. The summed E-state index contributed by atoms with van der Waals surface area (Å²) in [4.78, 5) is 12.2. The van der Waals surface area contributed by atoms with Crippen molar-refractivity contribution in [3.05, 3.63) is 82.3 Å². The number of hydrogen-bond donors (Lipinski definition) is 0. The van der Waals surface area contributed by atoms with Gasteiger partial charge in [0.1, 0.15) is 18.1 Å². The summed E-state index contributed by atoms with van der Waals surface area (Å²) in [6.07, 6.45) is -0.295. The van der Waals surface area contributed by atoms with Gasteiger partial charge >= 0.3 is 5.97 Å². The van der Waals surface area contributed by atoms with E-state index in [1.165, 1.54) is 7.11 Å². The minimum absolute atomic E-state index is 0.406. The molecule has 28 heavy (non-hydrogen) atoms. The highest BCUT2D eigenvalue weighted by molar-refractivity contribution is 9.10. The molecular formula is C23H19BrO4. The van der Waals surface area contributed by atoms with E-state index in [2.05, 4.69) is 28.1 Å². The molecule has 5 heteroatoms. The molecule has 3 aromatic rings. The van der Waals surface area contributed by atoms with Crippen LogP contribution in [0.5, 0.6) is 11.5 Å². The second kappa shape index (κ2) is 8.07. The number of benzene rings is 3. The summed E-state index contributed by atoms with van der Waals surface area (Å²) >= 11 is 3.53. The smallest absolute Gasteiger partial charge is 0.347 e. The van der Waals surface area contributed by atoms with Crippen LogP contribution in [0.3, 0.4) is 0 Å². The minimum atomic E-state index is -0.726. The second-order valence-electron chi connectivity index (χ2n) is 6.57. The van der Waals surface area contributed by atoms with Crippen LogP contribution in [-0.2, 0) is 22.6 Å². The van der Waals surface area contributed by atoms with Crippen LogP contribution < -0.4 is 9.47 Å². The predicted octanol–water partition coefficient (Wildman–Crippen LogP) is 5.17. The molecule has 1 aliphatic heterocycles. The van der Waals surface area contributed by atoms with E-state index in [1.807, 2.05) is 54.6 Å². The van der Waals surface area contributed by atoms with Crippen LogP contribution in [0.15, 0.2) is 71.2 Å². The maximum absolute atomic E-state index is 12.2. The van der Waals surface area contributed by atoms with Crippen molar-refractivity contribution in [1.82, 2.24) is 0 Å². The van der Waals surface area contributed by atoms with E-state index in [9.17, 15) is 4.79 Å². The summed E-state index contributed by atoms with van der Waals surface area (Å²) in [5.74, 6) is 0.909. The number of ether oxygens (including phenoxy) is 3. The lowest BCUT2D eigenvalue weighted by atomic mass is 9.97. The third-order valence-electron chi connectivity index (χ3n) is 4.70. The molecule has 1 heterocycles. The molecule has 3 aromatic carbocycles. The summed E-state index contributed by atoms with van der Waals surface area (Å²) in [7, 11) is 1.37. The Morgan fingerprint density at radius 2 is 1.89 bits per heavy atom. The van der Waals surface area contributed by atoms with Crippen molar-refractivity contribution in [1.29, 1.82) is 0 Å². The lowest BCUT2D eigenvalue weighted by Crippen LogP contribution is -2.30. The molecule has 0 N–H and O–H groups in total. The van der Waals surface area contributed by atoms with Crippen LogP contribution in [0.2, 0.25) is 0 Å². The van der Waals surface area contributed by atoms with Crippen LogP contribution in [-0.4, -0.2) is 19.2 Å². The van der Waals surface area contributed by atoms with Gasteiger partial charge in [0.15, 0.2) is 6.10 Å². The number of carbonyl (C=O) groups excluding carboxylic acids is 1. The van der Waals surface area contributed by atoms with E-state index in [1.54, 1.807) is 0 Å². The molecule has 142 valence electrons. The third kappa shape index (κ3) is 3.90. The monoisotopic (exact) mass is 438 g/mol. The van der Waals surface area contributed by atoms with Gasteiger partial charge in [-0.05, 0) is 41.0 Å². The van der Waals surface area contributed by atoms with E-state index in [0.717, 1.165) is 32.5 Å². The summed E-state index contributed by atoms with van der Waals surface area (Å²) in [6, 6.07) is 21.5. The Kier molecular flexibility index (Phi) is 5.35. The van der Waals surface area contributed by atoms with Crippen molar-refractivity contribution in [3.8, 4) is 22.6 Å². The Morgan fingerprint density at radius 1 is 1.07 bits per heavy atom. The van der Waals surface area contributed by atoms with Gasteiger partial charge in [0, 0.05) is 22.5 Å². The minimum Gasteiger partial charge on any atom is -0.488 e. The standard InChI is InChI=1S/C23H19BrO4/c1-26-23(25)22(11-15-5-3-2-4-6-15)28-18-9-10-19-20-12-17(24)8-7-16(20)14-27-21(19)13-18/h2-10,12-13,22H,11,14H2,1H3/t22-/m1/s1. The number of halogens is 1. The van der Waals surface area contributed by atoms with Gasteiger partial charge in [-0.25, -0.2) is 4.79 Å². The van der Waals surface area contributed by atoms with Gasteiger partial charge in [0.2, 0.25) is 0 Å². The molecule has 0 amide bonds. The fraction of sp³-hybridized carbons (Fsp3) is 0.174. The van der Waals surface area contributed by atoms with E-state index < -0.39 is 12.1 Å². The quantitative estimate of drug-likeness (QED) is 0.515. The van der Waals surface area contributed by atoms with Crippen molar-refractivity contribution in [2.24, 2.45) is 0 Å². The Labute approximate surface area is 172 Å². The number of fused-ring (bicyclic) bond motifs is 3. The van der Waals surface area contributed by atoms with Crippen molar-refractivity contribution in [2.45, 2.75) is 19.1 Å². The third-order valence-corrected chi connectivity index (χ3v) is 5.20. The van der Waals surface area contributed by atoms with Crippen molar-refractivity contribution >= 4 is 21.9 Å². The lowest BCUT2D eigenvalue weighted by molar-refractivity contribution is -0.148. The van der Waals surface area contributed by atoms with Gasteiger partial charge in [-0.15, -0.1) is 0 Å². The molecular weight excluding hydrogens is 420 g/mol. The average molecular weight is 439 g/mol. The van der Waals surface area contributed by atoms with E-state index in [4.69, 9.17) is 14.2 Å². The Hall–Kier alpha value is -2.79. The highest BCUT2D eigenvalue weighted by atomic mass is 79.9. The Morgan fingerprint density at radius 3 is 2.68 bits per heavy atom. The molecule has 4 rings (SSSR count). The van der Waals surface area contributed by atoms with Gasteiger partial charge < -0.3 is 14.2 Å². The van der Waals surface area contributed by atoms with Crippen LogP contribution in [0, 0.1) is 0 Å². The van der Waals surface area contributed by atoms with Gasteiger partial charge in [0.25, 0.3) is 0 Å². The fourth-order valence-corrected chi connectivity index (χ4v) is 3.66. The normalized spacial score (nSPS) is 12.9. The van der Waals surface area contributed by atoms with Crippen molar-refractivity contribution < 1.29 is 19.0 Å². The van der Waals surface area contributed by atoms with Crippen molar-refractivity contribution in [2.75, 3.05) is 7.11 Å². The number of methoxy groups -OCH3 is 1. The molecule has 1 atom stereocenters. The molecule has 0 bridgehead atoms. The van der Waals surface area contributed by atoms with Gasteiger partial charge in [-0.2, -0.15) is 0 Å². The first kappa shape index (κ1) is 18.6. The molecule has 4 nitrogen and oxygen atoms in total. The van der Waals surface area contributed by atoms with Crippen LogP contribution >= 0.6 is 15.9 Å². The maximum Gasteiger partial charge on any atom is 0.347 e. The molecule has 0 radical (unpaired) electrons. The summed E-state index contributed by atoms with van der Waals surface area (Å²) in [5, 5.41) is 0. The molecule has 0 unspecified atom stereocenters. The van der Waals surface area contributed by atoms with Crippen LogP contribution in [0.1, 0.15) is 11.1 Å². The highest BCUT2D eigenvalue weighted by Crippen LogP contribution is 2.40. The molecule has 0 aromatic heterocycles. The molecule has 0 aliphatic carbocycles. The zero-order valence-electron chi connectivity index (χ0n) is 15.4. The fourth-order valence-electron chi connectivity index (χ4n) is 3.30. The second-order valence-corrected chi connectivity index (χ2v) is 7.48. The van der Waals surface area contributed by atoms with E-state index >= 15 is 0 Å². The first-order valence-electron chi connectivity index (χ1n) is 8.98. The number of esters is 1. The van der Waals surface area contributed by atoms with Gasteiger partial charge in [-0.1, -0.05) is 52.3 Å².